The van der Waals surface area contributed by atoms with Crippen LogP contribution in [-0.2, 0) is 0 Å². The number of nitrogens with one attached hydrogen (secondary N) is 1. The van der Waals surface area contributed by atoms with Gasteiger partial charge in [0.1, 0.15) is 11.5 Å². The van der Waals surface area contributed by atoms with E-state index in [0.717, 1.165) is 23.2 Å². The van der Waals surface area contributed by atoms with Crippen LogP contribution in [0.5, 0.6) is 11.5 Å². The van der Waals surface area contributed by atoms with Gasteiger partial charge in [0.05, 0.1) is 6.04 Å². The quantitative estimate of drug-likeness (QED) is 0.172. The van der Waals surface area contributed by atoms with Crippen molar-refractivity contribution in [1.82, 2.24) is 5.32 Å². The molecule has 1 N–H and O–H groups in total. The highest BCUT2D eigenvalue weighted by Crippen LogP contribution is 2.63. The van der Waals surface area contributed by atoms with Crippen molar-refractivity contribution in [3.05, 3.63) is 71.9 Å². The Balaban J connectivity index is 1.54. The van der Waals surface area contributed by atoms with Crippen molar-refractivity contribution >= 4 is 0 Å². The smallest absolute Gasteiger partial charge is 0.387 e. The van der Waals surface area contributed by atoms with Gasteiger partial charge >= 0.3 is 13.2 Å². The summed E-state index contributed by atoms with van der Waals surface area (Å²) in [6.45, 7) is 10.9. The molecule has 0 aromatic heterocycles. The van der Waals surface area contributed by atoms with Crippen molar-refractivity contribution in [1.29, 1.82) is 0 Å². The Labute approximate surface area is 255 Å². The van der Waals surface area contributed by atoms with Crippen LogP contribution in [0.25, 0.3) is 0 Å². The van der Waals surface area contributed by atoms with Crippen molar-refractivity contribution in [2.24, 2.45) is 34.5 Å². The Morgan fingerprint density at radius 3 is 1.93 bits per heavy atom. The van der Waals surface area contributed by atoms with Gasteiger partial charge in [-0.15, -0.1) is 0 Å². The predicted octanol–water partition coefficient (Wildman–Crippen LogP) is 10.8. The molecule has 4 rings (SSSR count). The number of rotatable bonds is 14. The van der Waals surface area contributed by atoms with Gasteiger partial charge in [-0.3, -0.25) is 0 Å². The first-order valence-corrected chi connectivity index (χ1v) is 15.9. The molecule has 2 aliphatic carbocycles. The van der Waals surface area contributed by atoms with Gasteiger partial charge in [0.2, 0.25) is 0 Å². The maximum atomic E-state index is 12.8. The molecule has 2 aromatic rings. The van der Waals surface area contributed by atoms with Crippen LogP contribution in [0.3, 0.4) is 0 Å². The second kappa shape index (κ2) is 13.9. The molecule has 4 unspecified atom stereocenters. The highest BCUT2D eigenvalue weighted by atomic mass is 19.3. The van der Waals surface area contributed by atoms with E-state index < -0.39 is 13.2 Å². The zero-order valence-corrected chi connectivity index (χ0v) is 26.4. The number of ether oxygens (including phenoxy) is 2. The van der Waals surface area contributed by atoms with Gasteiger partial charge in [-0.1, -0.05) is 84.7 Å². The second-order valence-corrected chi connectivity index (χ2v) is 13.7. The minimum Gasteiger partial charge on any atom is -0.435 e. The number of benzene rings is 2. The monoisotopic (exact) mass is 603 g/mol. The molecule has 7 heteroatoms. The topological polar surface area (TPSA) is 30.5 Å². The summed E-state index contributed by atoms with van der Waals surface area (Å²) >= 11 is 0. The molecule has 0 amide bonds. The van der Waals surface area contributed by atoms with Crippen LogP contribution in [0.2, 0.25) is 0 Å². The maximum absolute atomic E-state index is 12.8. The summed E-state index contributed by atoms with van der Waals surface area (Å²) in [6.07, 6.45) is 9.74. The largest absolute Gasteiger partial charge is 0.435 e. The standard InChI is InChI=1S/C36H49F4NO2/c1-7-8-9-21-35(4,5)29-20-22-36(6)30(23(29)2)18-19-31(36)24(3)41-32(25-10-14-27(15-11-25)42-33(37)38)26-12-16-28(17-13-26)43-34(39)40/h10-17,23,29-34,41H,3,7-9,18-22H2,1-2,4-6H3/t23?,29?,30?,31?,36-/m0/s1. The molecule has 0 heterocycles. The van der Waals surface area contributed by atoms with E-state index in [0.29, 0.717) is 23.2 Å². The van der Waals surface area contributed by atoms with Gasteiger partial charge < -0.3 is 14.8 Å². The number of fused-ring (bicyclic) bond motifs is 1. The SMILES string of the molecule is C=C(NC(c1ccc(OC(F)F)cc1)c1ccc(OC(F)F)cc1)C1CCC2C(C)C(C(C)(C)CCCCC)CC[C@]12C. The van der Waals surface area contributed by atoms with Gasteiger partial charge in [-0.2, -0.15) is 17.6 Å². The summed E-state index contributed by atoms with van der Waals surface area (Å²) < 4.78 is 60.2. The van der Waals surface area contributed by atoms with Crippen molar-refractivity contribution in [3.63, 3.8) is 0 Å². The zero-order chi connectivity index (χ0) is 31.4. The van der Waals surface area contributed by atoms with E-state index in [1.54, 1.807) is 24.3 Å². The van der Waals surface area contributed by atoms with E-state index >= 15 is 0 Å². The molecule has 0 radical (unpaired) electrons. The Kier molecular flexibility index (Phi) is 10.8. The molecular weight excluding hydrogens is 554 g/mol. The fourth-order valence-electron chi connectivity index (χ4n) is 8.52. The number of allylic oxidation sites excluding steroid dienone is 1. The highest BCUT2D eigenvalue weighted by Gasteiger charge is 2.55. The number of hydrogen-bond acceptors (Lipinski definition) is 3. The van der Waals surface area contributed by atoms with Crippen LogP contribution in [0.15, 0.2) is 60.8 Å². The van der Waals surface area contributed by atoms with Gasteiger partial charge in [0.25, 0.3) is 0 Å². The van der Waals surface area contributed by atoms with Crippen LogP contribution < -0.4 is 14.8 Å². The average molecular weight is 604 g/mol. The van der Waals surface area contributed by atoms with Gasteiger partial charge in [0.15, 0.2) is 0 Å². The molecule has 2 fully saturated rings. The summed E-state index contributed by atoms with van der Waals surface area (Å²) in [4.78, 5) is 0. The highest BCUT2D eigenvalue weighted by molar-refractivity contribution is 5.39. The number of hydrogen-bond donors (Lipinski definition) is 1. The number of halogens is 4. The molecule has 0 spiro atoms. The summed E-state index contributed by atoms with van der Waals surface area (Å²) in [7, 11) is 0. The van der Waals surface area contributed by atoms with Crippen molar-refractivity contribution in [3.8, 4) is 11.5 Å². The lowest BCUT2D eigenvalue weighted by Crippen LogP contribution is -2.46. The zero-order valence-electron chi connectivity index (χ0n) is 26.4. The Morgan fingerprint density at radius 2 is 1.44 bits per heavy atom. The third kappa shape index (κ3) is 7.69. The third-order valence-corrected chi connectivity index (χ3v) is 10.7. The van der Waals surface area contributed by atoms with Crippen LogP contribution in [0.1, 0.15) is 103 Å². The van der Waals surface area contributed by atoms with E-state index in [4.69, 9.17) is 0 Å². The maximum Gasteiger partial charge on any atom is 0.387 e. The summed E-state index contributed by atoms with van der Waals surface area (Å²) in [5.41, 5.74) is 3.08. The molecule has 0 saturated heterocycles. The van der Waals surface area contributed by atoms with Crippen LogP contribution in [-0.4, -0.2) is 13.2 Å². The normalized spacial score (nSPS) is 25.7. The molecular formula is C36H49F4NO2. The van der Waals surface area contributed by atoms with Crippen LogP contribution in [0, 0.1) is 34.5 Å². The molecule has 3 nitrogen and oxygen atoms in total. The predicted molar refractivity (Wildman–Crippen MR) is 164 cm³/mol. The van der Waals surface area contributed by atoms with Gasteiger partial charge in [-0.05, 0) is 96.1 Å². The van der Waals surface area contributed by atoms with E-state index in [-0.39, 0.29) is 28.9 Å². The first-order chi connectivity index (χ1) is 20.4. The van der Waals surface area contributed by atoms with E-state index in [2.05, 4.69) is 56.0 Å². The van der Waals surface area contributed by atoms with Crippen molar-refractivity contribution in [2.45, 2.75) is 105 Å². The lowest BCUT2D eigenvalue weighted by molar-refractivity contribution is -0.0505. The number of unbranched alkanes of at least 4 members (excludes halogenated alkanes) is 2. The molecule has 43 heavy (non-hydrogen) atoms. The third-order valence-electron chi connectivity index (χ3n) is 10.7. The molecule has 238 valence electrons. The lowest BCUT2D eigenvalue weighted by atomic mass is 9.53. The van der Waals surface area contributed by atoms with Crippen LogP contribution in [0.4, 0.5) is 17.6 Å². The van der Waals surface area contributed by atoms with Gasteiger partial charge in [-0.25, -0.2) is 0 Å². The van der Waals surface area contributed by atoms with E-state index in [1.165, 1.54) is 69.2 Å². The van der Waals surface area contributed by atoms with Crippen molar-refractivity contribution < 1.29 is 27.0 Å². The van der Waals surface area contributed by atoms with Crippen molar-refractivity contribution in [2.75, 3.05) is 0 Å². The fourth-order valence-corrected chi connectivity index (χ4v) is 8.52. The Morgan fingerprint density at radius 1 is 0.907 bits per heavy atom. The second-order valence-electron chi connectivity index (χ2n) is 13.7. The molecule has 0 aliphatic heterocycles. The van der Waals surface area contributed by atoms with E-state index in [9.17, 15) is 17.6 Å². The van der Waals surface area contributed by atoms with E-state index in [1.807, 2.05) is 0 Å². The first kappa shape index (κ1) is 33.2. The lowest BCUT2D eigenvalue weighted by Gasteiger charge is -2.52. The Hall–Kier alpha value is -2.70. The number of alkyl halides is 4. The molecule has 2 aliphatic rings. The van der Waals surface area contributed by atoms with Crippen LogP contribution >= 0.6 is 0 Å². The summed E-state index contributed by atoms with van der Waals surface area (Å²) in [6, 6.07) is 12.7. The summed E-state index contributed by atoms with van der Waals surface area (Å²) in [5.74, 6) is 2.40. The average Bonchev–Trinajstić information content (AvgIpc) is 3.30. The Bertz CT molecular complexity index is 1130. The minimum atomic E-state index is -2.91. The summed E-state index contributed by atoms with van der Waals surface area (Å²) in [5, 5.41) is 3.69. The minimum absolute atomic E-state index is 0.0755. The molecule has 2 saturated carbocycles. The fraction of sp³-hybridized carbons (Fsp3) is 0.611. The molecule has 2 aromatic carbocycles. The van der Waals surface area contributed by atoms with Gasteiger partial charge in [0, 0.05) is 11.6 Å². The first-order valence-electron chi connectivity index (χ1n) is 15.9. The molecule has 0 bridgehead atoms. The molecule has 5 atom stereocenters.